The fraction of sp³-hybridized carbons (Fsp3) is 0.350. The second-order valence-corrected chi connectivity index (χ2v) is 6.93. The van der Waals surface area contributed by atoms with E-state index in [1.54, 1.807) is 10.9 Å². The smallest absolute Gasteiger partial charge is 0.252 e. The number of nitrogens with one attached hydrogen (secondary N) is 2. The van der Waals surface area contributed by atoms with E-state index < -0.39 is 11.7 Å². The van der Waals surface area contributed by atoms with Crippen LogP contribution in [0.25, 0.3) is 10.9 Å². The number of carbonyl (C=O) groups excluding carboxylic acids is 1. The Hall–Kier alpha value is -3.20. The molecule has 0 spiro atoms. The molecule has 2 aromatic heterocycles. The number of rotatable bonds is 9. The summed E-state index contributed by atoms with van der Waals surface area (Å²) >= 11 is 0. The van der Waals surface area contributed by atoms with Crippen LogP contribution in [0.15, 0.2) is 30.5 Å². The van der Waals surface area contributed by atoms with Gasteiger partial charge >= 0.3 is 0 Å². The molecule has 0 aliphatic rings. The number of carbonyl (C=O) groups is 1. The molecule has 9 heteroatoms. The molecule has 3 aromatic rings. The first-order valence-electron chi connectivity index (χ1n) is 9.59. The average Bonchev–Trinajstić information content (AvgIpc) is 3.09. The molecule has 8 nitrogen and oxygen atoms in total. The Morgan fingerprint density at radius 3 is 2.83 bits per heavy atom. The molecule has 0 aliphatic heterocycles. The van der Waals surface area contributed by atoms with E-state index in [4.69, 9.17) is 11.5 Å². The van der Waals surface area contributed by atoms with Crippen LogP contribution in [0.1, 0.15) is 36.5 Å². The number of hydrogen-bond acceptors (Lipinski definition) is 6. The Kier molecular flexibility index (Phi) is 6.28. The van der Waals surface area contributed by atoms with Gasteiger partial charge in [-0.05, 0) is 24.6 Å². The zero-order chi connectivity index (χ0) is 21.0. The molecule has 1 aromatic carbocycles. The number of primary amides is 1. The van der Waals surface area contributed by atoms with Crippen LogP contribution >= 0.6 is 0 Å². The minimum absolute atomic E-state index is 0.0300. The maximum Gasteiger partial charge on any atom is 0.252 e. The zero-order valence-electron chi connectivity index (χ0n) is 16.6. The van der Waals surface area contributed by atoms with Crippen molar-refractivity contribution in [3.05, 3.63) is 41.8 Å². The van der Waals surface area contributed by atoms with Gasteiger partial charge in [-0.25, -0.2) is 9.37 Å². The number of aromatic nitrogens is 3. The van der Waals surface area contributed by atoms with Gasteiger partial charge in [0.05, 0.1) is 23.0 Å². The highest BCUT2D eigenvalue weighted by Crippen LogP contribution is 2.29. The topological polar surface area (TPSA) is 124 Å². The first kappa shape index (κ1) is 20.5. The third kappa shape index (κ3) is 4.45. The van der Waals surface area contributed by atoms with E-state index in [0.29, 0.717) is 12.2 Å². The maximum atomic E-state index is 14.6. The summed E-state index contributed by atoms with van der Waals surface area (Å²) < 4.78 is 16.3. The van der Waals surface area contributed by atoms with Gasteiger partial charge in [0, 0.05) is 25.0 Å². The molecule has 3 rings (SSSR count). The van der Waals surface area contributed by atoms with Crippen molar-refractivity contribution in [3.8, 4) is 0 Å². The quantitative estimate of drug-likeness (QED) is 0.439. The van der Waals surface area contributed by atoms with Gasteiger partial charge in [-0.15, -0.1) is 0 Å². The molecule has 1 amide bonds. The number of fused-ring (bicyclic) bond motifs is 1. The van der Waals surface area contributed by atoms with Crippen molar-refractivity contribution >= 4 is 34.1 Å². The molecular weight excluding hydrogens is 373 g/mol. The van der Waals surface area contributed by atoms with Gasteiger partial charge in [0.25, 0.3) is 5.91 Å². The van der Waals surface area contributed by atoms with Crippen LogP contribution in [0, 0.1) is 5.82 Å². The Morgan fingerprint density at radius 2 is 2.14 bits per heavy atom. The monoisotopic (exact) mass is 399 g/mol. The number of unbranched alkanes of at least 4 members (excludes halogenated alkanes) is 1. The van der Waals surface area contributed by atoms with Gasteiger partial charge in [-0.3, -0.25) is 9.48 Å². The summed E-state index contributed by atoms with van der Waals surface area (Å²) in [7, 11) is 1.84. The van der Waals surface area contributed by atoms with Crippen LogP contribution in [0.4, 0.5) is 21.7 Å². The molecule has 0 radical (unpaired) electrons. The molecule has 29 heavy (non-hydrogen) atoms. The normalized spacial score (nSPS) is 12.1. The SMILES string of the molecule is CCCC[C@H](CN)Nc1nc(Nc2cccc3c2cnn3C)c(C(N)=O)cc1F. The minimum Gasteiger partial charge on any atom is -0.365 e. The van der Waals surface area contributed by atoms with E-state index in [1.165, 1.54) is 0 Å². The summed E-state index contributed by atoms with van der Waals surface area (Å²) in [6.07, 6.45) is 4.48. The van der Waals surface area contributed by atoms with Crippen LogP contribution in [0.5, 0.6) is 0 Å². The summed E-state index contributed by atoms with van der Waals surface area (Å²) in [6, 6.07) is 6.58. The highest BCUT2D eigenvalue weighted by Gasteiger charge is 2.19. The van der Waals surface area contributed by atoms with E-state index in [0.717, 1.165) is 36.2 Å². The number of anilines is 3. The van der Waals surface area contributed by atoms with Crippen molar-refractivity contribution in [2.24, 2.45) is 18.5 Å². The number of amides is 1. The van der Waals surface area contributed by atoms with Crippen LogP contribution < -0.4 is 22.1 Å². The van der Waals surface area contributed by atoms with Crippen molar-refractivity contribution in [1.29, 1.82) is 0 Å². The van der Waals surface area contributed by atoms with Gasteiger partial charge in [0.1, 0.15) is 5.82 Å². The van der Waals surface area contributed by atoms with E-state index in [1.807, 2.05) is 25.2 Å². The third-order valence-electron chi connectivity index (χ3n) is 4.82. The highest BCUT2D eigenvalue weighted by atomic mass is 19.1. The van der Waals surface area contributed by atoms with E-state index >= 15 is 0 Å². The first-order chi connectivity index (χ1) is 13.9. The molecule has 1 atom stereocenters. The Bertz CT molecular complexity index is 1020. The molecule has 2 heterocycles. The van der Waals surface area contributed by atoms with Crippen LogP contribution in [-0.4, -0.2) is 33.3 Å². The summed E-state index contributed by atoms with van der Waals surface area (Å²) in [6.45, 7) is 2.42. The number of pyridine rings is 1. The molecule has 0 fully saturated rings. The molecule has 6 N–H and O–H groups in total. The molecule has 0 saturated heterocycles. The number of benzene rings is 1. The summed E-state index contributed by atoms with van der Waals surface area (Å²) in [4.78, 5) is 16.2. The molecule has 0 unspecified atom stereocenters. The summed E-state index contributed by atoms with van der Waals surface area (Å²) in [5, 5.41) is 11.2. The Balaban J connectivity index is 1.98. The van der Waals surface area contributed by atoms with Gasteiger partial charge in [-0.2, -0.15) is 5.10 Å². The van der Waals surface area contributed by atoms with Crippen molar-refractivity contribution in [2.45, 2.75) is 32.2 Å². The van der Waals surface area contributed by atoms with Crippen molar-refractivity contribution in [2.75, 3.05) is 17.2 Å². The number of halogens is 1. The minimum atomic E-state index is -0.773. The zero-order valence-corrected chi connectivity index (χ0v) is 16.6. The fourth-order valence-corrected chi connectivity index (χ4v) is 3.18. The van der Waals surface area contributed by atoms with E-state index in [-0.39, 0.29) is 23.2 Å². The lowest BCUT2D eigenvalue weighted by molar-refractivity contribution is 0.100. The second-order valence-electron chi connectivity index (χ2n) is 6.93. The second kappa shape index (κ2) is 8.87. The first-order valence-corrected chi connectivity index (χ1v) is 9.59. The van der Waals surface area contributed by atoms with Crippen LogP contribution in [0.3, 0.4) is 0 Å². The lowest BCUT2D eigenvalue weighted by atomic mass is 10.1. The third-order valence-corrected chi connectivity index (χ3v) is 4.82. The Morgan fingerprint density at radius 1 is 1.34 bits per heavy atom. The maximum absolute atomic E-state index is 14.6. The Labute approximate surface area is 168 Å². The van der Waals surface area contributed by atoms with Gasteiger partial charge in [-0.1, -0.05) is 25.8 Å². The standard InChI is InChI=1S/C20H26FN7O/c1-3-4-6-12(10-22)25-20-15(21)9-13(18(23)29)19(27-20)26-16-7-5-8-17-14(16)11-24-28(17)2/h5,7-9,11-12H,3-4,6,10,22H2,1-2H3,(H2,23,29)(H2,25,26,27)/t12-/m1/s1. The van der Waals surface area contributed by atoms with Crippen molar-refractivity contribution < 1.29 is 9.18 Å². The number of aryl methyl sites for hydroxylation is 1. The highest BCUT2D eigenvalue weighted by molar-refractivity contribution is 6.00. The van der Waals surface area contributed by atoms with Gasteiger partial charge in [0.15, 0.2) is 11.6 Å². The molecular formula is C20H26FN7O. The number of nitrogens with zero attached hydrogens (tertiary/aromatic N) is 3. The number of hydrogen-bond donors (Lipinski definition) is 4. The molecule has 0 saturated carbocycles. The summed E-state index contributed by atoms with van der Waals surface area (Å²) in [5.74, 6) is -1.23. The predicted molar refractivity (Wildman–Crippen MR) is 113 cm³/mol. The largest absolute Gasteiger partial charge is 0.365 e. The van der Waals surface area contributed by atoms with Crippen molar-refractivity contribution in [1.82, 2.24) is 14.8 Å². The van der Waals surface area contributed by atoms with E-state index in [9.17, 15) is 9.18 Å². The lowest BCUT2D eigenvalue weighted by Crippen LogP contribution is -2.30. The predicted octanol–water partition coefficient (Wildman–Crippen LogP) is 2.88. The molecule has 0 bridgehead atoms. The number of nitrogens with two attached hydrogens (primary N) is 2. The van der Waals surface area contributed by atoms with E-state index in [2.05, 4.69) is 27.6 Å². The summed E-state index contributed by atoms with van der Waals surface area (Å²) in [5.41, 5.74) is 12.8. The van der Waals surface area contributed by atoms with Crippen molar-refractivity contribution in [3.63, 3.8) is 0 Å². The van der Waals surface area contributed by atoms with Crippen LogP contribution in [-0.2, 0) is 7.05 Å². The molecule has 154 valence electrons. The van der Waals surface area contributed by atoms with Gasteiger partial charge < -0.3 is 22.1 Å². The van der Waals surface area contributed by atoms with Crippen LogP contribution in [0.2, 0.25) is 0 Å². The van der Waals surface area contributed by atoms with Gasteiger partial charge in [0.2, 0.25) is 0 Å². The lowest BCUT2D eigenvalue weighted by Gasteiger charge is -2.19. The molecule has 0 aliphatic carbocycles. The average molecular weight is 399 g/mol. The fourth-order valence-electron chi connectivity index (χ4n) is 3.18.